The first-order valence-corrected chi connectivity index (χ1v) is 6.78. The fourth-order valence-corrected chi connectivity index (χ4v) is 2.80. The van der Waals surface area contributed by atoms with Crippen molar-refractivity contribution >= 4 is 5.95 Å². The Labute approximate surface area is 112 Å². The summed E-state index contributed by atoms with van der Waals surface area (Å²) in [6.45, 7) is 4.74. The van der Waals surface area contributed by atoms with Gasteiger partial charge >= 0.3 is 0 Å². The second kappa shape index (κ2) is 4.94. The maximum absolute atomic E-state index is 6.15. The third-order valence-corrected chi connectivity index (χ3v) is 3.73. The van der Waals surface area contributed by atoms with Gasteiger partial charge in [-0.05, 0) is 20.3 Å². The van der Waals surface area contributed by atoms with E-state index in [1.807, 2.05) is 13.8 Å². The average molecular weight is 264 g/mol. The molecule has 6 nitrogen and oxygen atoms in total. The van der Waals surface area contributed by atoms with Crippen molar-refractivity contribution in [3.05, 3.63) is 12.3 Å². The fraction of sp³-hybridized carbons (Fsp3) is 0.692. The third kappa shape index (κ3) is 2.37. The Balaban J connectivity index is 1.66. The summed E-state index contributed by atoms with van der Waals surface area (Å²) in [5.41, 5.74) is 6.15. The first-order valence-electron chi connectivity index (χ1n) is 6.78. The zero-order valence-corrected chi connectivity index (χ0v) is 11.2. The van der Waals surface area contributed by atoms with Gasteiger partial charge in [-0.25, -0.2) is 4.98 Å². The molecule has 4 unspecified atom stereocenters. The minimum atomic E-state index is 0.0938. The van der Waals surface area contributed by atoms with E-state index in [4.69, 9.17) is 15.2 Å². The van der Waals surface area contributed by atoms with E-state index in [1.165, 1.54) is 0 Å². The molecule has 0 spiro atoms. The van der Waals surface area contributed by atoms with Crippen LogP contribution in [0, 0.1) is 5.92 Å². The van der Waals surface area contributed by atoms with Crippen molar-refractivity contribution in [2.24, 2.45) is 11.7 Å². The normalized spacial score (nSPS) is 32.8. The SMILES string of the molecule is CC(C)Oc1ccnc(NC2C(N)C3CCOC32)n1. The highest BCUT2D eigenvalue weighted by Crippen LogP contribution is 2.38. The molecular weight excluding hydrogens is 244 g/mol. The van der Waals surface area contributed by atoms with Crippen molar-refractivity contribution in [2.75, 3.05) is 11.9 Å². The molecule has 2 aliphatic rings. The summed E-state index contributed by atoms with van der Waals surface area (Å²) in [6.07, 6.45) is 3.04. The second-order valence-electron chi connectivity index (χ2n) is 5.42. The van der Waals surface area contributed by atoms with Crippen LogP contribution in [-0.4, -0.2) is 40.9 Å². The van der Waals surface area contributed by atoms with Crippen LogP contribution in [0.3, 0.4) is 0 Å². The number of hydrogen-bond donors (Lipinski definition) is 2. The molecule has 1 aliphatic carbocycles. The lowest BCUT2D eigenvalue weighted by atomic mass is 9.72. The zero-order chi connectivity index (χ0) is 13.4. The van der Waals surface area contributed by atoms with Crippen LogP contribution in [0.4, 0.5) is 5.95 Å². The zero-order valence-electron chi connectivity index (χ0n) is 11.2. The van der Waals surface area contributed by atoms with E-state index >= 15 is 0 Å². The van der Waals surface area contributed by atoms with Crippen molar-refractivity contribution < 1.29 is 9.47 Å². The van der Waals surface area contributed by atoms with Crippen molar-refractivity contribution in [3.8, 4) is 5.88 Å². The molecule has 19 heavy (non-hydrogen) atoms. The van der Waals surface area contributed by atoms with Gasteiger partial charge < -0.3 is 20.5 Å². The molecule has 0 aromatic carbocycles. The quantitative estimate of drug-likeness (QED) is 0.836. The molecule has 0 amide bonds. The lowest BCUT2D eigenvalue weighted by Gasteiger charge is -2.45. The maximum Gasteiger partial charge on any atom is 0.226 e. The molecule has 3 rings (SSSR count). The summed E-state index contributed by atoms with van der Waals surface area (Å²) in [7, 11) is 0. The summed E-state index contributed by atoms with van der Waals surface area (Å²) in [5.74, 6) is 1.60. The van der Waals surface area contributed by atoms with Gasteiger partial charge in [-0.15, -0.1) is 0 Å². The molecule has 2 heterocycles. The van der Waals surface area contributed by atoms with Gasteiger partial charge in [0.2, 0.25) is 11.8 Å². The Morgan fingerprint density at radius 3 is 3.16 bits per heavy atom. The number of nitrogens with two attached hydrogens (primary N) is 1. The lowest BCUT2D eigenvalue weighted by Crippen LogP contribution is -2.65. The summed E-state index contributed by atoms with van der Waals surface area (Å²) in [6, 6.07) is 1.97. The predicted octanol–water partition coefficient (Wildman–Crippen LogP) is 0.790. The van der Waals surface area contributed by atoms with E-state index in [2.05, 4.69) is 15.3 Å². The first kappa shape index (κ1) is 12.6. The molecule has 3 N–H and O–H groups in total. The largest absolute Gasteiger partial charge is 0.475 e. The molecule has 4 atom stereocenters. The van der Waals surface area contributed by atoms with Gasteiger partial charge in [0.25, 0.3) is 0 Å². The van der Waals surface area contributed by atoms with Crippen LogP contribution in [0.5, 0.6) is 5.88 Å². The monoisotopic (exact) mass is 264 g/mol. The number of anilines is 1. The van der Waals surface area contributed by atoms with Crippen LogP contribution in [0.1, 0.15) is 20.3 Å². The minimum absolute atomic E-state index is 0.0938. The van der Waals surface area contributed by atoms with Crippen molar-refractivity contribution in [1.29, 1.82) is 0 Å². The topological polar surface area (TPSA) is 82.3 Å². The molecule has 6 heteroatoms. The molecule has 0 bridgehead atoms. The van der Waals surface area contributed by atoms with Gasteiger partial charge in [-0.1, -0.05) is 0 Å². The predicted molar refractivity (Wildman–Crippen MR) is 71.0 cm³/mol. The second-order valence-corrected chi connectivity index (χ2v) is 5.42. The lowest BCUT2D eigenvalue weighted by molar-refractivity contribution is 0.00506. The average Bonchev–Trinajstić information content (AvgIpc) is 2.80. The third-order valence-electron chi connectivity index (χ3n) is 3.73. The summed E-state index contributed by atoms with van der Waals surface area (Å²) < 4.78 is 11.2. The van der Waals surface area contributed by atoms with Gasteiger partial charge in [0.15, 0.2) is 0 Å². The Kier molecular flexibility index (Phi) is 3.28. The smallest absolute Gasteiger partial charge is 0.226 e. The fourth-order valence-electron chi connectivity index (χ4n) is 2.80. The number of hydrogen-bond acceptors (Lipinski definition) is 6. The molecule has 1 aromatic heterocycles. The highest BCUT2D eigenvalue weighted by molar-refractivity contribution is 5.33. The van der Waals surface area contributed by atoms with Crippen LogP contribution in [-0.2, 0) is 4.74 Å². The molecule has 1 saturated carbocycles. The molecule has 2 fully saturated rings. The van der Waals surface area contributed by atoms with E-state index in [9.17, 15) is 0 Å². The number of aromatic nitrogens is 2. The van der Waals surface area contributed by atoms with E-state index in [0.29, 0.717) is 17.7 Å². The van der Waals surface area contributed by atoms with Crippen molar-refractivity contribution in [3.63, 3.8) is 0 Å². The van der Waals surface area contributed by atoms with Crippen molar-refractivity contribution in [1.82, 2.24) is 9.97 Å². The number of ether oxygens (including phenoxy) is 2. The van der Waals surface area contributed by atoms with Gasteiger partial charge in [-0.3, -0.25) is 0 Å². The van der Waals surface area contributed by atoms with Crippen LogP contribution >= 0.6 is 0 Å². The van der Waals surface area contributed by atoms with Crippen LogP contribution in [0.15, 0.2) is 12.3 Å². The Bertz CT molecular complexity index is 454. The molecule has 104 valence electrons. The van der Waals surface area contributed by atoms with Crippen LogP contribution in [0.25, 0.3) is 0 Å². The van der Waals surface area contributed by atoms with Crippen molar-refractivity contribution in [2.45, 2.75) is 44.6 Å². The highest BCUT2D eigenvalue weighted by atomic mass is 16.5. The van der Waals surface area contributed by atoms with Gasteiger partial charge in [0.05, 0.1) is 18.2 Å². The molecule has 1 saturated heterocycles. The number of nitrogens with one attached hydrogen (secondary N) is 1. The Hall–Kier alpha value is -1.40. The highest BCUT2D eigenvalue weighted by Gasteiger charge is 2.52. The Morgan fingerprint density at radius 2 is 2.37 bits per heavy atom. The van der Waals surface area contributed by atoms with E-state index in [0.717, 1.165) is 13.0 Å². The minimum Gasteiger partial charge on any atom is -0.475 e. The molecule has 1 aromatic rings. The van der Waals surface area contributed by atoms with E-state index in [1.54, 1.807) is 12.3 Å². The summed E-state index contributed by atoms with van der Waals surface area (Å²) >= 11 is 0. The molecular formula is C13H20N4O2. The van der Waals surface area contributed by atoms with Gasteiger partial charge in [0.1, 0.15) is 0 Å². The van der Waals surface area contributed by atoms with Gasteiger partial charge in [-0.2, -0.15) is 4.98 Å². The van der Waals surface area contributed by atoms with E-state index < -0.39 is 0 Å². The number of fused-ring (bicyclic) bond motifs is 1. The summed E-state index contributed by atoms with van der Waals surface area (Å²) in [4.78, 5) is 8.53. The first-order chi connectivity index (χ1) is 9.15. The molecule has 0 radical (unpaired) electrons. The standard InChI is InChI=1S/C13H20N4O2/c1-7(2)19-9-3-5-15-13(16-9)17-11-10(14)8-4-6-18-12(8)11/h3,5,7-8,10-12H,4,6,14H2,1-2H3,(H,15,16,17). The molecule has 1 aliphatic heterocycles. The number of rotatable bonds is 4. The van der Waals surface area contributed by atoms with Crippen LogP contribution < -0.4 is 15.8 Å². The van der Waals surface area contributed by atoms with Gasteiger partial charge in [0, 0.05) is 30.8 Å². The number of nitrogens with zero attached hydrogens (tertiary/aromatic N) is 2. The summed E-state index contributed by atoms with van der Waals surface area (Å²) in [5, 5.41) is 3.26. The van der Waals surface area contributed by atoms with E-state index in [-0.39, 0.29) is 24.3 Å². The Morgan fingerprint density at radius 1 is 1.53 bits per heavy atom. The maximum atomic E-state index is 6.15. The van der Waals surface area contributed by atoms with Crippen LogP contribution in [0.2, 0.25) is 0 Å².